The number of nitrogens with one attached hydrogen (secondary N) is 1. The number of hydrogen-bond donors (Lipinski definition) is 1. The first kappa shape index (κ1) is 20.6. The molecule has 0 amide bonds. The summed E-state index contributed by atoms with van der Waals surface area (Å²) in [5, 5.41) is 4.10. The monoisotopic (exact) mass is 402 g/mol. The van der Waals surface area contributed by atoms with Gasteiger partial charge in [-0.1, -0.05) is 13.0 Å². The minimum atomic E-state index is -0.240. The van der Waals surface area contributed by atoms with E-state index in [0.29, 0.717) is 23.9 Å². The number of carbonyl (C=O) groups is 1. The highest BCUT2D eigenvalue weighted by Gasteiger charge is 2.37. The van der Waals surface area contributed by atoms with Gasteiger partial charge in [-0.2, -0.15) is 0 Å². The molecule has 0 spiro atoms. The average Bonchev–Trinajstić information content (AvgIpc) is 2.65. The third-order valence-corrected chi connectivity index (χ3v) is 5.31. The largest absolute Gasteiger partial charge is 0.490 e. The lowest BCUT2D eigenvalue weighted by Gasteiger charge is -2.41. The minimum Gasteiger partial charge on any atom is -0.490 e. The van der Waals surface area contributed by atoms with Crippen molar-refractivity contribution in [2.45, 2.75) is 65.5 Å². The number of allylic oxidation sites excluding steroid dienone is 1. The molecule has 28 heavy (non-hydrogen) atoms. The number of carbonyl (C=O) groups excluding carboxylic acids is 1. The van der Waals surface area contributed by atoms with Gasteiger partial charge in [0, 0.05) is 24.2 Å². The molecule has 1 aliphatic carbocycles. The van der Waals surface area contributed by atoms with Crippen LogP contribution in [-0.4, -0.2) is 35.1 Å². The van der Waals surface area contributed by atoms with Crippen LogP contribution in [0.4, 0.5) is 0 Å². The van der Waals surface area contributed by atoms with Gasteiger partial charge in [0.25, 0.3) is 0 Å². The van der Waals surface area contributed by atoms with Crippen molar-refractivity contribution in [3.63, 3.8) is 0 Å². The van der Waals surface area contributed by atoms with Crippen LogP contribution < -0.4 is 14.8 Å². The van der Waals surface area contributed by atoms with E-state index in [2.05, 4.69) is 17.1 Å². The standard InChI is InChI=1S/C22H30N2O3S/c1-5-12-24-16-8-7-9-17(25)20(16)21(23-22(24)28)15-10-11-18(27-14(3)4)19(13-15)26-6-2/h10-11,13-14,21H,5-9,12H2,1-4H3,(H,23,28). The number of ether oxygens (including phenoxy) is 2. The molecule has 1 aliphatic heterocycles. The van der Waals surface area contributed by atoms with Crippen molar-refractivity contribution in [3.8, 4) is 11.5 Å². The molecular formula is C22H30N2O3S. The van der Waals surface area contributed by atoms with E-state index in [1.54, 1.807) is 0 Å². The number of benzene rings is 1. The van der Waals surface area contributed by atoms with Gasteiger partial charge in [-0.25, -0.2) is 0 Å². The second-order valence-corrected chi connectivity index (χ2v) is 7.86. The maximum absolute atomic E-state index is 12.9. The second-order valence-electron chi connectivity index (χ2n) is 7.48. The van der Waals surface area contributed by atoms with Gasteiger partial charge in [-0.05, 0) is 69.9 Å². The number of nitrogens with zero attached hydrogens (tertiary/aromatic N) is 1. The van der Waals surface area contributed by atoms with Crippen LogP contribution in [0.1, 0.15) is 65.0 Å². The molecule has 1 aromatic carbocycles. The molecule has 0 radical (unpaired) electrons. The molecule has 1 atom stereocenters. The van der Waals surface area contributed by atoms with Crippen LogP contribution in [0, 0.1) is 0 Å². The summed E-state index contributed by atoms with van der Waals surface area (Å²) < 4.78 is 11.7. The molecule has 6 heteroatoms. The molecular weight excluding hydrogens is 372 g/mol. The van der Waals surface area contributed by atoms with Gasteiger partial charge < -0.3 is 19.7 Å². The Morgan fingerprint density at radius 1 is 1.25 bits per heavy atom. The van der Waals surface area contributed by atoms with Gasteiger partial charge in [0.05, 0.1) is 18.8 Å². The molecule has 0 bridgehead atoms. The molecule has 1 unspecified atom stereocenters. The Kier molecular flexibility index (Phi) is 6.60. The summed E-state index contributed by atoms with van der Waals surface area (Å²) in [5.74, 6) is 1.63. The fraction of sp³-hybridized carbons (Fsp3) is 0.545. The Morgan fingerprint density at radius 3 is 2.71 bits per heavy atom. The van der Waals surface area contributed by atoms with Gasteiger partial charge in [0.15, 0.2) is 22.4 Å². The Morgan fingerprint density at radius 2 is 2.04 bits per heavy atom. The molecule has 0 aromatic heterocycles. The third-order valence-electron chi connectivity index (χ3n) is 4.97. The zero-order chi connectivity index (χ0) is 20.3. The SMILES string of the molecule is CCCN1C(=S)NC(c2ccc(OC(C)C)c(OCC)c2)C2=C1CCCC2=O. The van der Waals surface area contributed by atoms with E-state index in [0.717, 1.165) is 48.4 Å². The topological polar surface area (TPSA) is 50.8 Å². The van der Waals surface area contributed by atoms with Crippen LogP contribution >= 0.6 is 12.2 Å². The van der Waals surface area contributed by atoms with Gasteiger partial charge in [0.1, 0.15) is 0 Å². The Bertz CT molecular complexity index is 788. The summed E-state index contributed by atoms with van der Waals surface area (Å²) in [6.07, 6.45) is 3.41. The van der Waals surface area contributed by atoms with Crippen molar-refractivity contribution in [2.24, 2.45) is 0 Å². The van der Waals surface area contributed by atoms with Gasteiger partial charge >= 0.3 is 0 Å². The lowest BCUT2D eigenvalue weighted by atomic mass is 9.84. The summed E-state index contributed by atoms with van der Waals surface area (Å²) in [7, 11) is 0. The summed E-state index contributed by atoms with van der Waals surface area (Å²) >= 11 is 5.66. The Labute approximate surface area is 173 Å². The number of rotatable bonds is 7. The average molecular weight is 403 g/mol. The van der Waals surface area contributed by atoms with Gasteiger partial charge in [-0.15, -0.1) is 0 Å². The highest BCUT2D eigenvalue weighted by molar-refractivity contribution is 7.80. The van der Waals surface area contributed by atoms with E-state index in [1.807, 2.05) is 39.0 Å². The first-order valence-electron chi connectivity index (χ1n) is 10.2. The molecule has 2 aliphatic rings. The lowest BCUT2D eigenvalue weighted by molar-refractivity contribution is -0.116. The molecule has 152 valence electrons. The van der Waals surface area contributed by atoms with E-state index in [-0.39, 0.29) is 17.9 Å². The predicted molar refractivity (Wildman–Crippen MR) is 115 cm³/mol. The molecule has 1 heterocycles. The number of ketones is 1. The maximum atomic E-state index is 12.9. The first-order valence-corrected chi connectivity index (χ1v) is 10.6. The first-order chi connectivity index (χ1) is 13.5. The number of hydrogen-bond acceptors (Lipinski definition) is 4. The van der Waals surface area contributed by atoms with Crippen LogP contribution in [0.25, 0.3) is 0 Å². The fourth-order valence-corrected chi connectivity index (χ4v) is 4.20. The van der Waals surface area contributed by atoms with E-state index < -0.39 is 0 Å². The molecule has 1 N–H and O–H groups in total. The molecule has 0 fully saturated rings. The molecule has 0 saturated carbocycles. The van der Waals surface area contributed by atoms with E-state index >= 15 is 0 Å². The van der Waals surface area contributed by atoms with Crippen molar-refractivity contribution in [3.05, 3.63) is 35.0 Å². The summed E-state index contributed by atoms with van der Waals surface area (Å²) in [5.41, 5.74) is 2.92. The van der Waals surface area contributed by atoms with Crippen LogP contribution in [0.3, 0.4) is 0 Å². The Balaban J connectivity index is 2.04. The van der Waals surface area contributed by atoms with Crippen LogP contribution in [-0.2, 0) is 4.79 Å². The van der Waals surface area contributed by atoms with Crippen LogP contribution in [0.15, 0.2) is 29.5 Å². The van der Waals surface area contributed by atoms with Gasteiger partial charge in [0.2, 0.25) is 0 Å². The smallest absolute Gasteiger partial charge is 0.173 e. The third kappa shape index (κ3) is 4.17. The van der Waals surface area contributed by atoms with Crippen LogP contribution in [0.5, 0.6) is 11.5 Å². The second kappa shape index (κ2) is 8.95. The highest BCUT2D eigenvalue weighted by atomic mass is 32.1. The van der Waals surface area contributed by atoms with Crippen molar-refractivity contribution in [1.82, 2.24) is 10.2 Å². The molecule has 0 saturated heterocycles. The van der Waals surface area contributed by atoms with Crippen molar-refractivity contribution < 1.29 is 14.3 Å². The van der Waals surface area contributed by atoms with E-state index in [9.17, 15) is 4.79 Å². The van der Waals surface area contributed by atoms with E-state index in [4.69, 9.17) is 21.7 Å². The fourth-order valence-electron chi connectivity index (χ4n) is 3.88. The predicted octanol–water partition coefficient (Wildman–Crippen LogP) is 4.52. The minimum absolute atomic E-state index is 0.0577. The molecule has 3 rings (SSSR count). The zero-order valence-electron chi connectivity index (χ0n) is 17.2. The summed E-state index contributed by atoms with van der Waals surface area (Å²) in [6.45, 7) is 9.44. The molecule has 5 nitrogen and oxygen atoms in total. The lowest BCUT2D eigenvalue weighted by Crippen LogP contribution is -2.49. The highest BCUT2D eigenvalue weighted by Crippen LogP contribution is 2.40. The summed E-state index contributed by atoms with van der Waals surface area (Å²) in [6, 6.07) is 5.67. The van der Waals surface area contributed by atoms with Crippen molar-refractivity contribution >= 4 is 23.1 Å². The normalized spacial score (nSPS) is 19.6. The van der Waals surface area contributed by atoms with Crippen molar-refractivity contribution in [2.75, 3.05) is 13.2 Å². The Hall–Kier alpha value is -2.08. The zero-order valence-corrected chi connectivity index (χ0v) is 18.0. The molecule has 1 aromatic rings. The maximum Gasteiger partial charge on any atom is 0.173 e. The van der Waals surface area contributed by atoms with E-state index in [1.165, 1.54) is 0 Å². The quantitative estimate of drug-likeness (QED) is 0.677. The van der Waals surface area contributed by atoms with Crippen LogP contribution in [0.2, 0.25) is 0 Å². The number of thiocarbonyl (C=S) groups is 1. The summed E-state index contributed by atoms with van der Waals surface area (Å²) in [4.78, 5) is 15.0. The van der Waals surface area contributed by atoms with Crippen molar-refractivity contribution in [1.29, 1.82) is 0 Å². The van der Waals surface area contributed by atoms with Gasteiger partial charge in [-0.3, -0.25) is 4.79 Å². The number of Topliss-reactive ketones (excluding diaryl/α,β-unsaturated/α-hetero) is 1.